The quantitative estimate of drug-likeness (QED) is 0.353. The molecule has 1 N–H and O–H groups in total. The molecule has 0 aliphatic rings. The van der Waals surface area contributed by atoms with E-state index < -0.39 is 4.92 Å². The molecule has 0 saturated carbocycles. The number of hydrogen-bond acceptors (Lipinski definition) is 5. The van der Waals surface area contributed by atoms with E-state index in [1.54, 1.807) is 12.1 Å². The molecule has 0 unspecified atom stereocenters. The Morgan fingerprint density at radius 3 is 2.45 bits per heavy atom. The highest BCUT2D eigenvalue weighted by atomic mass is 35.5. The lowest BCUT2D eigenvalue weighted by Crippen LogP contribution is -2.03. The van der Waals surface area contributed by atoms with Gasteiger partial charge in [-0.3, -0.25) is 10.1 Å². The molecule has 0 aliphatic carbocycles. The van der Waals surface area contributed by atoms with E-state index in [9.17, 15) is 10.1 Å². The largest absolute Gasteiger partial charge is 0.490 e. The number of nitro groups is 1. The molecule has 0 saturated heterocycles. The summed E-state index contributed by atoms with van der Waals surface area (Å²) < 4.78 is 11.6. The lowest BCUT2D eigenvalue weighted by molar-refractivity contribution is -0.384. The molecule has 3 aromatic rings. The predicted octanol–water partition coefficient (Wildman–Crippen LogP) is 5.84. The summed E-state index contributed by atoms with van der Waals surface area (Å²) in [5.41, 5.74) is 2.71. The fourth-order valence-electron chi connectivity index (χ4n) is 2.73. The Bertz CT molecular complexity index is 977. The van der Waals surface area contributed by atoms with Crippen LogP contribution in [0, 0.1) is 10.1 Å². The maximum absolute atomic E-state index is 10.9. The Balaban J connectivity index is 1.67. The van der Waals surface area contributed by atoms with Crippen LogP contribution in [0.15, 0.2) is 66.7 Å². The average molecular weight is 413 g/mol. The Morgan fingerprint density at radius 1 is 0.966 bits per heavy atom. The minimum atomic E-state index is -0.412. The van der Waals surface area contributed by atoms with Gasteiger partial charge in [-0.15, -0.1) is 0 Å². The first-order valence-corrected chi connectivity index (χ1v) is 9.54. The molecule has 3 rings (SSSR count). The number of rotatable bonds is 9. The third kappa shape index (κ3) is 5.86. The molecule has 150 valence electrons. The maximum Gasteiger partial charge on any atom is 0.271 e. The second-order valence-electron chi connectivity index (χ2n) is 6.29. The fraction of sp³-hybridized carbons (Fsp3) is 0.182. The van der Waals surface area contributed by atoms with Gasteiger partial charge in [0.1, 0.15) is 6.61 Å². The number of nitrogens with one attached hydrogen (secondary N) is 1. The number of hydrogen-bond donors (Lipinski definition) is 1. The van der Waals surface area contributed by atoms with Gasteiger partial charge in [0.25, 0.3) is 5.69 Å². The van der Waals surface area contributed by atoms with Crippen molar-refractivity contribution in [3.05, 3.63) is 93.0 Å². The van der Waals surface area contributed by atoms with Gasteiger partial charge in [-0.05, 0) is 48.4 Å². The molecule has 0 amide bonds. The van der Waals surface area contributed by atoms with Crippen LogP contribution in [0.2, 0.25) is 5.02 Å². The van der Waals surface area contributed by atoms with Gasteiger partial charge in [0.2, 0.25) is 0 Å². The third-order valence-electron chi connectivity index (χ3n) is 4.17. The standard InChI is InChI=1S/C22H21ClN2O4/c1-2-28-22-12-17(14-24-19-4-3-5-20(13-19)25(26)27)8-11-21(22)29-15-16-6-9-18(23)10-7-16/h3-13,24H,2,14-15H2,1H3. The summed E-state index contributed by atoms with van der Waals surface area (Å²) in [6, 6.07) is 19.6. The molecule has 0 fully saturated rings. The number of nitrogens with zero attached hydrogens (tertiary/aromatic N) is 1. The van der Waals surface area contributed by atoms with Crippen molar-refractivity contribution >= 4 is 23.0 Å². The summed E-state index contributed by atoms with van der Waals surface area (Å²) >= 11 is 5.91. The van der Waals surface area contributed by atoms with Gasteiger partial charge in [-0.25, -0.2) is 0 Å². The van der Waals surface area contributed by atoms with Gasteiger partial charge in [-0.2, -0.15) is 0 Å². The molecule has 3 aromatic carbocycles. The van der Waals surface area contributed by atoms with E-state index in [1.165, 1.54) is 12.1 Å². The molecule has 0 aromatic heterocycles. The van der Waals surface area contributed by atoms with Crippen LogP contribution < -0.4 is 14.8 Å². The summed E-state index contributed by atoms with van der Waals surface area (Å²) in [6.45, 7) is 3.33. The fourth-order valence-corrected chi connectivity index (χ4v) is 2.85. The normalized spacial score (nSPS) is 10.4. The van der Waals surface area contributed by atoms with E-state index in [-0.39, 0.29) is 5.69 Å². The first kappa shape index (κ1) is 20.5. The molecule has 0 radical (unpaired) electrons. The minimum absolute atomic E-state index is 0.0518. The van der Waals surface area contributed by atoms with Gasteiger partial charge in [0.05, 0.1) is 11.5 Å². The summed E-state index contributed by atoms with van der Waals surface area (Å²) in [4.78, 5) is 10.5. The Kier molecular flexibility index (Phi) is 6.92. The Morgan fingerprint density at radius 2 is 1.72 bits per heavy atom. The lowest BCUT2D eigenvalue weighted by atomic mass is 10.2. The van der Waals surface area contributed by atoms with Crippen molar-refractivity contribution in [2.45, 2.75) is 20.1 Å². The molecule has 0 atom stereocenters. The molecule has 0 spiro atoms. The van der Waals surface area contributed by atoms with Crippen molar-refractivity contribution in [1.82, 2.24) is 0 Å². The van der Waals surface area contributed by atoms with E-state index in [0.29, 0.717) is 42.0 Å². The smallest absolute Gasteiger partial charge is 0.271 e. The van der Waals surface area contributed by atoms with E-state index in [2.05, 4.69) is 5.32 Å². The third-order valence-corrected chi connectivity index (χ3v) is 4.42. The van der Waals surface area contributed by atoms with Crippen LogP contribution in [0.4, 0.5) is 11.4 Å². The Labute approximate surface area is 174 Å². The molecular weight excluding hydrogens is 392 g/mol. The highest BCUT2D eigenvalue weighted by Gasteiger charge is 2.09. The monoisotopic (exact) mass is 412 g/mol. The van der Waals surface area contributed by atoms with Crippen LogP contribution in [0.25, 0.3) is 0 Å². The van der Waals surface area contributed by atoms with Crippen LogP contribution >= 0.6 is 11.6 Å². The summed E-state index contributed by atoms with van der Waals surface area (Å²) in [5, 5.41) is 14.8. The molecular formula is C22H21ClN2O4. The van der Waals surface area contributed by atoms with Crippen LogP contribution in [0.3, 0.4) is 0 Å². The van der Waals surface area contributed by atoms with Gasteiger partial charge < -0.3 is 14.8 Å². The number of non-ortho nitro benzene ring substituents is 1. The second kappa shape index (κ2) is 9.80. The molecule has 0 aliphatic heterocycles. The van der Waals surface area contributed by atoms with Crippen LogP contribution in [0.5, 0.6) is 11.5 Å². The number of anilines is 1. The number of benzene rings is 3. The highest BCUT2D eigenvalue weighted by Crippen LogP contribution is 2.30. The lowest BCUT2D eigenvalue weighted by Gasteiger charge is -2.14. The van der Waals surface area contributed by atoms with Crippen LogP contribution in [-0.2, 0) is 13.2 Å². The topological polar surface area (TPSA) is 73.6 Å². The zero-order valence-corrected chi connectivity index (χ0v) is 16.7. The van der Waals surface area contributed by atoms with E-state index >= 15 is 0 Å². The highest BCUT2D eigenvalue weighted by molar-refractivity contribution is 6.30. The van der Waals surface area contributed by atoms with E-state index in [4.69, 9.17) is 21.1 Å². The molecule has 0 heterocycles. The Hall–Kier alpha value is -3.25. The molecule has 7 heteroatoms. The first-order chi connectivity index (χ1) is 14.0. The minimum Gasteiger partial charge on any atom is -0.490 e. The van der Waals surface area contributed by atoms with Crippen molar-refractivity contribution in [3.8, 4) is 11.5 Å². The average Bonchev–Trinajstić information content (AvgIpc) is 2.73. The van der Waals surface area contributed by atoms with E-state index in [1.807, 2.05) is 49.4 Å². The van der Waals surface area contributed by atoms with Crippen LogP contribution in [0.1, 0.15) is 18.1 Å². The van der Waals surface area contributed by atoms with Gasteiger partial charge in [0.15, 0.2) is 11.5 Å². The van der Waals surface area contributed by atoms with Crippen molar-refractivity contribution in [2.24, 2.45) is 0 Å². The summed E-state index contributed by atoms with van der Waals surface area (Å²) in [7, 11) is 0. The van der Waals surface area contributed by atoms with Crippen molar-refractivity contribution < 1.29 is 14.4 Å². The van der Waals surface area contributed by atoms with Crippen molar-refractivity contribution in [3.63, 3.8) is 0 Å². The van der Waals surface area contributed by atoms with Gasteiger partial charge in [-0.1, -0.05) is 35.9 Å². The number of ether oxygens (including phenoxy) is 2. The number of nitro benzene ring substituents is 1. The molecule has 6 nitrogen and oxygen atoms in total. The number of halogens is 1. The van der Waals surface area contributed by atoms with Gasteiger partial charge >= 0.3 is 0 Å². The van der Waals surface area contributed by atoms with Crippen molar-refractivity contribution in [2.75, 3.05) is 11.9 Å². The summed E-state index contributed by atoms with van der Waals surface area (Å²) in [6.07, 6.45) is 0. The second-order valence-corrected chi connectivity index (χ2v) is 6.73. The predicted molar refractivity (Wildman–Crippen MR) is 114 cm³/mol. The molecule has 0 bridgehead atoms. The summed E-state index contributed by atoms with van der Waals surface area (Å²) in [5.74, 6) is 1.31. The maximum atomic E-state index is 10.9. The first-order valence-electron chi connectivity index (χ1n) is 9.16. The SMILES string of the molecule is CCOc1cc(CNc2cccc([N+](=O)[O-])c2)ccc1OCc1ccc(Cl)cc1. The zero-order chi connectivity index (χ0) is 20.6. The zero-order valence-electron chi connectivity index (χ0n) is 15.9. The van der Waals surface area contributed by atoms with Crippen LogP contribution in [-0.4, -0.2) is 11.5 Å². The van der Waals surface area contributed by atoms with E-state index in [0.717, 1.165) is 11.1 Å². The van der Waals surface area contributed by atoms with Gasteiger partial charge in [0, 0.05) is 29.4 Å². The van der Waals surface area contributed by atoms with Crippen molar-refractivity contribution in [1.29, 1.82) is 0 Å². The molecule has 29 heavy (non-hydrogen) atoms.